The van der Waals surface area contributed by atoms with Gasteiger partial charge in [0.05, 0.1) is 0 Å². The average Bonchev–Trinajstić information content (AvgIpc) is 3.35. The number of thioether (sulfide) groups is 1. The normalized spacial score (nSPS) is 27.9. The highest BCUT2D eigenvalue weighted by molar-refractivity contribution is 7.99. The van der Waals surface area contributed by atoms with Crippen molar-refractivity contribution < 1.29 is 4.79 Å². The number of anilines is 2. The summed E-state index contributed by atoms with van der Waals surface area (Å²) in [5.74, 6) is 3.71. The highest BCUT2D eigenvalue weighted by Crippen LogP contribution is 2.35. The summed E-state index contributed by atoms with van der Waals surface area (Å²) in [6.45, 7) is 6.33. The maximum Gasteiger partial charge on any atom is 0.317 e. The number of carbonyl (C=O) groups is 1. The van der Waals surface area contributed by atoms with Crippen molar-refractivity contribution in [3.8, 4) is 0 Å². The Morgan fingerprint density at radius 1 is 0.828 bits per heavy atom. The molecule has 2 atom stereocenters. The summed E-state index contributed by atoms with van der Waals surface area (Å²) in [4.78, 5) is 19.8. The zero-order valence-electron chi connectivity index (χ0n) is 17.4. The van der Waals surface area contributed by atoms with Gasteiger partial charge in [-0.3, -0.25) is 0 Å². The van der Waals surface area contributed by atoms with Crippen LogP contribution in [0.2, 0.25) is 0 Å². The zero-order chi connectivity index (χ0) is 19.6. The van der Waals surface area contributed by atoms with Crippen LogP contribution in [0.25, 0.3) is 0 Å². The summed E-state index contributed by atoms with van der Waals surface area (Å²) in [5, 5.41) is 3.30. The van der Waals surface area contributed by atoms with Crippen molar-refractivity contribution >= 4 is 29.2 Å². The number of rotatable bonds is 3. The van der Waals surface area contributed by atoms with Crippen molar-refractivity contribution in [2.24, 2.45) is 11.8 Å². The molecule has 1 aliphatic carbocycles. The predicted molar refractivity (Wildman–Crippen MR) is 122 cm³/mol. The van der Waals surface area contributed by atoms with Gasteiger partial charge in [-0.05, 0) is 37.1 Å². The van der Waals surface area contributed by atoms with Crippen molar-refractivity contribution in [1.82, 2.24) is 10.2 Å². The van der Waals surface area contributed by atoms with Gasteiger partial charge in [0.15, 0.2) is 0 Å². The Hall–Kier alpha value is -1.56. The van der Waals surface area contributed by atoms with Crippen LogP contribution in [0, 0.1) is 11.8 Å². The molecule has 1 aromatic rings. The first kappa shape index (κ1) is 19.4. The van der Waals surface area contributed by atoms with E-state index >= 15 is 0 Å². The Bertz CT molecular complexity index is 685. The monoisotopic (exact) mass is 414 g/mol. The molecule has 158 valence electrons. The molecule has 0 radical (unpaired) electrons. The molecule has 3 aliphatic heterocycles. The molecule has 3 saturated heterocycles. The van der Waals surface area contributed by atoms with E-state index in [1.807, 2.05) is 0 Å². The first-order valence-electron chi connectivity index (χ1n) is 11.5. The minimum Gasteiger partial charge on any atom is -0.371 e. The third-order valence-electron chi connectivity index (χ3n) is 7.30. The lowest BCUT2D eigenvalue weighted by atomic mass is 9.96. The second-order valence-corrected chi connectivity index (χ2v) is 10.5. The lowest BCUT2D eigenvalue weighted by molar-refractivity contribution is 0.197. The molecule has 5 nitrogen and oxygen atoms in total. The van der Waals surface area contributed by atoms with Gasteiger partial charge in [-0.1, -0.05) is 19.3 Å². The van der Waals surface area contributed by atoms with E-state index < -0.39 is 0 Å². The maximum atomic E-state index is 12.7. The molecule has 0 unspecified atom stereocenters. The topological polar surface area (TPSA) is 38.8 Å². The Morgan fingerprint density at radius 3 is 2.03 bits per heavy atom. The van der Waals surface area contributed by atoms with Gasteiger partial charge in [0.25, 0.3) is 0 Å². The minimum atomic E-state index is 0.182. The molecule has 0 aromatic heterocycles. The SMILES string of the molecule is O=C(NC1CCCCC1)N1C[C@@H]2CN(c3ccc(N4CCSCC4)cc3)C[C@@H]2C1. The molecule has 3 heterocycles. The number of amides is 2. The fraction of sp³-hybridized carbons (Fsp3) is 0.696. The number of fused-ring (bicyclic) bond motifs is 1. The molecule has 0 spiro atoms. The molecule has 5 rings (SSSR count). The van der Waals surface area contributed by atoms with Gasteiger partial charge in [0.1, 0.15) is 0 Å². The van der Waals surface area contributed by atoms with Crippen LogP contribution in [-0.2, 0) is 0 Å². The van der Waals surface area contributed by atoms with Gasteiger partial charge in [-0.15, -0.1) is 0 Å². The maximum absolute atomic E-state index is 12.7. The van der Waals surface area contributed by atoms with Crippen LogP contribution in [0.1, 0.15) is 32.1 Å². The zero-order valence-corrected chi connectivity index (χ0v) is 18.2. The lowest BCUT2D eigenvalue weighted by Gasteiger charge is -2.29. The first-order valence-corrected chi connectivity index (χ1v) is 12.6. The van der Waals surface area contributed by atoms with Gasteiger partial charge in [0.2, 0.25) is 0 Å². The number of hydrogen-bond acceptors (Lipinski definition) is 4. The van der Waals surface area contributed by atoms with E-state index in [4.69, 9.17) is 0 Å². The number of likely N-dealkylation sites (tertiary alicyclic amines) is 1. The molecule has 29 heavy (non-hydrogen) atoms. The quantitative estimate of drug-likeness (QED) is 0.819. The van der Waals surface area contributed by atoms with E-state index in [0.29, 0.717) is 17.9 Å². The van der Waals surface area contributed by atoms with E-state index in [1.54, 1.807) is 0 Å². The van der Waals surface area contributed by atoms with Gasteiger partial charge >= 0.3 is 6.03 Å². The Kier molecular flexibility index (Phi) is 5.80. The molecule has 0 bridgehead atoms. The highest BCUT2D eigenvalue weighted by atomic mass is 32.2. The molecule has 1 saturated carbocycles. The standard InChI is InChI=1S/C23H34N4OS/c28-23(24-20-4-2-1-3-5-20)27-16-18-14-26(15-19(18)17-27)22-8-6-21(7-9-22)25-10-12-29-13-11-25/h6-9,18-20H,1-5,10-17H2,(H,24,28)/t18-,19+. The predicted octanol–water partition coefficient (Wildman–Crippen LogP) is 3.65. The third-order valence-corrected chi connectivity index (χ3v) is 8.24. The number of nitrogens with zero attached hydrogens (tertiary/aromatic N) is 3. The summed E-state index contributed by atoms with van der Waals surface area (Å²) >= 11 is 2.06. The number of urea groups is 1. The number of hydrogen-bond donors (Lipinski definition) is 1. The van der Waals surface area contributed by atoms with Crippen LogP contribution in [0.4, 0.5) is 16.2 Å². The summed E-state index contributed by atoms with van der Waals surface area (Å²) in [6.07, 6.45) is 6.18. The number of benzene rings is 1. The molecular formula is C23H34N4OS. The second-order valence-electron chi connectivity index (χ2n) is 9.23. The minimum absolute atomic E-state index is 0.182. The average molecular weight is 415 g/mol. The van der Waals surface area contributed by atoms with Crippen LogP contribution >= 0.6 is 11.8 Å². The third kappa shape index (κ3) is 4.32. The Morgan fingerprint density at radius 2 is 1.41 bits per heavy atom. The molecule has 2 amide bonds. The lowest BCUT2D eigenvalue weighted by Crippen LogP contribution is -2.45. The summed E-state index contributed by atoms with van der Waals surface area (Å²) in [5.41, 5.74) is 2.70. The van der Waals surface area contributed by atoms with Crippen LogP contribution < -0.4 is 15.1 Å². The Balaban J connectivity index is 1.13. The number of nitrogens with one attached hydrogen (secondary N) is 1. The summed E-state index contributed by atoms with van der Waals surface area (Å²) < 4.78 is 0. The summed E-state index contributed by atoms with van der Waals surface area (Å²) in [7, 11) is 0. The van der Waals surface area contributed by atoms with Gasteiger partial charge in [-0.2, -0.15) is 11.8 Å². The van der Waals surface area contributed by atoms with Gasteiger partial charge in [-0.25, -0.2) is 4.79 Å². The first-order chi connectivity index (χ1) is 14.3. The van der Waals surface area contributed by atoms with Crippen LogP contribution in [0.5, 0.6) is 0 Å². The molecule has 6 heteroatoms. The fourth-order valence-electron chi connectivity index (χ4n) is 5.58. The fourth-order valence-corrected chi connectivity index (χ4v) is 6.48. The molecule has 4 aliphatic rings. The van der Waals surface area contributed by atoms with E-state index in [2.05, 4.69) is 56.0 Å². The van der Waals surface area contributed by atoms with E-state index in [9.17, 15) is 4.79 Å². The van der Waals surface area contributed by atoms with E-state index in [-0.39, 0.29) is 6.03 Å². The van der Waals surface area contributed by atoms with Crippen molar-refractivity contribution in [2.75, 3.05) is 60.6 Å². The summed E-state index contributed by atoms with van der Waals surface area (Å²) in [6, 6.07) is 9.77. The van der Waals surface area contributed by atoms with Crippen molar-refractivity contribution in [1.29, 1.82) is 0 Å². The van der Waals surface area contributed by atoms with Gasteiger partial charge < -0.3 is 20.0 Å². The van der Waals surface area contributed by atoms with Crippen LogP contribution in [0.15, 0.2) is 24.3 Å². The molecule has 4 fully saturated rings. The van der Waals surface area contributed by atoms with Crippen molar-refractivity contribution in [3.05, 3.63) is 24.3 Å². The smallest absolute Gasteiger partial charge is 0.317 e. The molecule has 1 N–H and O–H groups in total. The van der Waals surface area contributed by atoms with Crippen LogP contribution in [0.3, 0.4) is 0 Å². The van der Waals surface area contributed by atoms with Crippen LogP contribution in [-0.4, -0.2) is 67.7 Å². The highest BCUT2D eigenvalue weighted by Gasteiger charge is 2.42. The number of carbonyl (C=O) groups excluding carboxylic acids is 1. The van der Waals surface area contributed by atoms with Crippen molar-refractivity contribution in [2.45, 2.75) is 38.1 Å². The molecule has 1 aromatic carbocycles. The van der Waals surface area contributed by atoms with Crippen molar-refractivity contribution in [3.63, 3.8) is 0 Å². The molecular weight excluding hydrogens is 380 g/mol. The largest absolute Gasteiger partial charge is 0.371 e. The second kappa shape index (κ2) is 8.66. The van der Waals surface area contributed by atoms with E-state index in [0.717, 1.165) is 52.1 Å². The van der Waals surface area contributed by atoms with E-state index in [1.165, 1.54) is 42.1 Å². The Labute approximate surface area is 179 Å². The van der Waals surface area contributed by atoms with Gasteiger partial charge in [0, 0.05) is 80.0 Å².